The van der Waals surface area contributed by atoms with Gasteiger partial charge in [-0.15, -0.1) is 0 Å². The standard InChI is InChI=1S/C17H15ClFN3O/c18-14-4-5-16-13(9-14)11-21-22(16)7-6-17(23)20-10-12-2-1-3-15(19)8-12/h1-5,8-9,11H,6-7,10H2,(H,20,23). The maximum absolute atomic E-state index is 13.1. The van der Waals surface area contributed by atoms with Crippen LogP contribution in [0.4, 0.5) is 4.39 Å². The Balaban J connectivity index is 1.56. The summed E-state index contributed by atoms with van der Waals surface area (Å²) in [6, 6.07) is 11.7. The Morgan fingerprint density at radius 1 is 1.26 bits per heavy atom. The van der Waals surface area contributed by atoms with E-state index in [2.05, 4.69) is 10.4 Å². The van der Waals surface area contributed by atoms with Crippen LogP contribution in [-0.4, -0.2) is 15.7 Å². The average molecular weight is 332 g/mol. The van der Waals surface area contributed by atoms with Crippen LogP contribution in [0, 0.1) is 5.82 Å². The summed E-state index contributed by atoms with van der Waals surface area (Å²) in [6.07, 6.45) is 2.03. The van der Waals surface area contributed by atoms with Gasteiger partial charge in [0.15, 0.2) is 0 Å². The molecule has 0 fully saturated rings. The van der Waals surface area contributed by atoms with Crippen LogP contribution in [0.2, 0.25) is 5.02 Å². The molecule has 4 nitrogen and oxygen atoms in total. The molecule has 0 bridgehead atoms. The fourth-order valence-corrected chi connectivity index (χ4v) is 2.56. The van der Waals surface area contributed by atoms with Crippen LogP contribution >= 0.6 is 11.6 Å². The smallest absolute Gasteiger partial charge is 0.222 e. The molecule has 0 unspecified atom stereocenters. The van der Waals surface area contributed by atoms with Crippen LogP contribution in [0.15, 0.2) is 48.7 Å². The first-order valence-corrected chi connectivity index (χ1v) is 7.62. The zero-order valence-corrected chi connectivity index (χ0v) is 13.1. The molecule has 23 heavy (non-hydrogen) atoms. The van der Waals surface area contributed by atoms with E-state index in [0.29, 0.717) is 24.5 Å². The Hall–Kier alpha value is -2.40. The molecule has 6 heteroatoms. The molecule has 0 saturated heterocycles. The van der Waals surface area contributed by atoms with Gasteiger partial charge < -0.3 is 5.32 Å². The molecule has 1 N–H and O–H groups in total. The number of aromatic nitrogens is 2. The summed E-state index contributed by atoms with van der Waals surface area (Å²) in [5.74, 6) is -0.412. The van der Waals surface area contributed by atoms with Gasteiger partial charge in [0.05, 0.1) is 18.3 Å². The van der Waals surface area contributed by atoms with Gasteiger partial charge in [-0.3, -0.25) is 9.48 Å². The molecule has 2 aromatic carbocycles. The largest absolute Gasteiger partial charge is 0.352 e. The topological polar surface area (TPSA) is 46.9 Å². The van der Waals surface area contributed by atoms with Gasteiger partial charge in [-0.05, 0) is 35.9 Å². The van der Waals surface area contributed by atoms with Gasteiger partial charge in [0.1, 0.15) is 5.82 Å². The first-order chi connectivity index (χ1) is 11.1. The molecular formula is C17H15ClFN3O. The van der Waals surface area contributed by atoms with E-state index in [9.17, 15) is 9.18 Å². The van der Waals surface area contributed by atoms with Crippen molar-refractivity contribution in [2.75, 3.05) is 0 Å². The number of carbonyl (C=O) groups excluding carboxylic acids is 1. The highest BCUT2D eigenvalue weighted by molar-refractivity contribution is 6.31. The lowest BCUT2D eigenvalue weighted by atomic mass is 10.2. The van der Waals surface area contributed by atoms with Gasteiger partial charge >= 0.3 is 0 Å². The molecule has 1 aromatic heterocycles. The minimum Gasteiger partial charge on any atom is -0.352 e. The molecule has 118 valence electrons. The minimum atomic E-state index is -0.307. The van der Waals surface area contributed by atoms with E-state index >= 15 is 0 Å². The molecule has 0 aliphatic rings. The minimum absolute atomic E-state index is 0.105. The molecule has 0 radical (unpaired) electrons. The Morgan fingerprint density at radius 3 is 2.96 bits per heavy atom. The second-order valence-electron chi connectivity index (χ2n) is 5.23. The van der Waals surface area contributed by atoms with Gasteiger partial charge in [-0.2, -0.15) is 5.10 Å². The van der Waals surface area contributed by atoms with Gasteiger partial charge in [0.2, 0.25) is 5.91 Å². The predicted octanol–water partition coefficient (Wildman–Crippen LogP) is 3.54. The fraction of sp³-hybridized carbons (Fsp3) is 0.176. The Labute approximate surface area is 137 Å². The van der Waals surface area contributed by atoms with E-state index < -0.39 is 0 Å². The maximum atomic E-state index is 13.1. The zero-order chi connectivity index (χ0) is 16.2. The molecule has 1 heterocycles. The number of halogens is 2. The Morgan fingerprint density at radius 2 is 2.13 bits per heavy atom. The molecule has 1 amide bonds. The molecule has 0 spiro atoms. The summed E-state index contributed by atoms with van der Waals surface area (Å²) >= 11 is 5.94. The summed E-state index contributed by atoms with van der Waals surface area (Å²) in [5, 5.41) is 8.64. The van der Waals surface area contributed by atoms with Crippen LogP contribution in [0.5, 0.6) is 0 Å². The van der Waals surface area contributed by atoms with Crippen LogP contribution < -0.4 is 5.32 Å². The van der Waals surface area contributed by atoms with E-state index in [1.165, 1.54) is 12.1 Å². The third-order valence-corrected chi connectivity index (χ3v) is 3.77. The van der Waals surface area contributed by atoms with Crippen LogP contribution in [0.1, 0.15) is 12.0 Å². The molecule has 3 rings (SSSR count). The number of carbonyl (C=O) groups is 1. The second kappa shape index (κ2) is 6.79. The summed E-state index contributed by atoms with van der Waals surface area (Å²) in [4.78, 5) is 11.9. The molecule has 3 aromatic rings. The van der Waals surface area contributed by atoms with Crippen LogP contribution in [-0.2, 0) is 17.9 Å². The van der Waals surface area contributed by atoms with Crippen LogP contribution in [0.25, 0.3) is 10.9 Å². The summed E-state index contributed by atoms with van der Waals surface area (Å²) in [6.45, 7) is 0.784. The van der Waals surface area contributed by atoms with Gasteiger partial charge in [-0.1, -0.05) is 23.7 Å². The Bertz CT molecular complexity index is 847. The first kappa shape index (κ1) is 15.5. The molecule has 0 saturated carbocycles. The molecular weight excluding hydrogens is 317 g/mol. The first-order valence-electron chi connectivity index (χ1n) is 7.24. The average Bonchev–Trinajstić information content (AvgIpc) is 2.93. The SMILES string of the molecule is O=C(CCn1ncc2cc(Cl)ccc21)NCc1cccc(F)c1. The van der Waals surface area contributed by atoms with E-state index in [4.69, 9.17) is 11.6 Å². The van der Waals surface area contributed by atoms with Gasteiger partial charge in [0.25, 0.3) is 0 Å². The lowest BCUT2D eigenvalue weighted by Gasteiger charge is -2.06. The number of aryl methyl sites for hydroxylation is 1. The summed E-state index contributed by atoms with van der Waals surface area (Å²) in [7, 11) is 0. The maximum Gasteiger partial charge on any atom is 0.222 e. The van der Waals surface area contributed by atoms with Crippen LogP contribution in [0.3, 0.4) is 0 Å². The molecule has 0 aliphatic heterocycles. The second-order valence-corrected chi connectivity index (χ2v) is 5.66. The summed E-state index contributed by atoms with van der Waals surface area (Å²) < 4.78 is 14.8. The molecule has 0 aliphatic carbocycles. The normalized spacial score (nSPS) is 10.9. The Kier molecular flexibility index (Phi) is 4.57. The highest BCUT2D eigenvalue weighted by Crippen LogP contribution is 2.19. The number of benzene rings is 2. The van der Waals surface area contributed by atoms with Crippen molar-refractivity contribution in [2.24, 2.45) is 0 Å². The monoisotopic (exact) mass is 331 g/mol. The fourth-order valence-electron chi connectivity index (χ4n) is 2.38. The third kappa shape index (κ3) is 3.87. The third-order valence-electron chi connectivity index (χ3n) is 3.53. The zero-order valence-electron chi connectivity index (χ0n) is 12.3. The predicted molar refractivity (Wildman–Crippen MR) is 87.6 cm³/mol. The van der Waals surface area contributed by atoms with Crippen molar-refractivity contribution >= 4 is 28.4 Å². The van der Waals surface area contributed by atoms with Crippen molar-refractivity contribution in [2.45, 2.75) is 19.5 Å². The quantitative estimate of drug-likeness (QED) is 0.777. The highest BCUT2D eigenvalue weighted by atomic mass is 35.5. The number of nitrogens with zero attached hydrogens (tertiary/aromatic N) is 2. The lowest BCUT2D eigenvalue weighted by molar-refractivity contribution is -0.121. The lowest BCUT2D eigenvalue weighted by Crippen LogP contribution is -2.24. The number of fused-ring (bicyclic) bond motifs is 1. The van der Waals surface area contributed by atoms with Crippen molar-refractivity contribution in [1.82, 2.24) is 15.1 Å². The number of hydrogen-bond acceptors (Lipinski definition) is 2. The van der Waals surface area contributed by atoms with Crippen molar-refractivity contribution in [3.05, 3.63) is 65.1 Å². The number of hydrogen-bond donors (Lipinski definition) is 1. The highest BCUT2D eigenvalue weighted by Gasteiger charge is 2.06. The van der Waals surface area contributed by atoms with Gasteiger partial charge in [-0.25, -0.2) is 4.39 Å². The van der Waals surface area contributed by atoms with Gasteiger partial charge in [0, 0.05) is 23.4 Å². The van der Waals surface area contributed by atoms with E-state index in [1.807, 2.05) is 12.1 Å². The van der Waals surface area contributed by atoms with Crippen molar-refractivity contribution in [1.29, 1.82) is 0 Å². The van der Waals surface area contributed by atoms with Crippen molar-refractivity contribution < 1.29 is 9.18 Å². The number of amides is 1. The van der Waals surface area contributed by atoms with E-state index in [1.54, 1.807) is 29.1 Å². The van der Waals surface area contributed by atoms with Crippen molar-refractivity contribution in [3.63, 3.8) is 0 Å². The number of rotatable bonds is 5. The van der Waals surface area contributed by atoms with E-state index in [0.717, 1.165) is 16.5 Å². The number of nitrogens with one attached hydrogen (secondary N) is 1. The molecule has 0 atom stereocenters. The van der Waals surface area contributed by atoms with E-state index in [-0.39, 0.29) is 11.7 Å². The summed E-state index contributed by atoms with van der Waals surface area (Å²) in [5.41, 5.74) is 1.67. The van der Waals surface area contributed by atoms with Crippen molar-refractivity contribution in [3.8, 4) is 0 Å².